The molecule has 1 N–H and O–H groups in total. The van der Waals surface area contributed by atoms with Gasteiger partial charge in [0.25, 0.3) is 5.91 Å². The fraction of sp³-hybridized carbons (Fsp3) is 0.133. The van der Waals surface area contributed by atoms with Crippen LogP contribution in [0.15, 0.2) is 30.3 Å². The van der Waals surface area contributed by atoms with Crippen LogP contribution in [0.4, 0.5) is 5.69 Å². The van der Waals surface area contributed by atoms with E-state index in [2.05, 4.69) is 25.2 Å². The standard InChI is InChI=1S/C15H13NOS/c1-9-7-11(18-10(9)2)8-13-12-5-3-4-6-14(12)16-15(13)17/h3-8H,1-2H3,(H,16,17)/b13-8+. The second kappa shape index (κ2) is 4.10. The fourth-order valence-electron chi connectivity index (χ4n) is 2.10. The molecule has 0 unspecified atom stereocenters. The summed E-state index contributed by atoms with van der Waals surface area (Å²) in [4.78, 5) is 14.4. The number of benzene rings is 1. The van der Waals surface area contributed by atoms with Gasteiger partial charge in [-0.2, -0.15) is 0 Å². The topological polar surface area (TPSA) is 29.1 Å². The monoisotopic (exact) mass is 255 g/mol. The van der Waals surface area contributed by atoms with Crippen LogP contribution in [0.25, 0.3) is 11.6 Å². The third-order valence-corrected chi connectivity index (χ3v) is 4.28. The summed E-state index contributed by atoms with van der Waals surface area (Å²) in [6.07, 6.45) is 1.98. The molecule has 0 radical (unpaired) electrons. The van der Waals surface area contributed by atoms with Gasteiger partial charge in [-0.3, -0.25) is 4.79 Å². The molecule has 2 nitrogen and oxygen atoms in total. The maximum Gasteiger partial charge on any atom is 0.256 e. The first-order valence-electron chi connectivity index (χ1n) is 5.84. The minimum Gasteiger partial charge on any atom is -0.321 e. The van der Waals surface area contributed by atoms with Gasteiger partial charge in [-0.15, -0.1) is 11.3 Å². The summed E-state index contributed by atoms with van der Waals surface area (Å²) in [5, 5.41) is 2.89. The maximum atomic E-state index is 12.0. The van der Waals surface area contributed by atoms with E-state index in [0.717, 1.165) is 21.7 Å². The van der Waals surface area contributed by atoms with Gasteiger partial charge >= 0.3 is 0 Å². The highest BCUT2D eigenvalue weighted by molar-refractivity contribution is 7.13. The Hall–Kier alpha value is -1.87. The van der Waals surface area contributed by atoms with E-state index in [1.807, 2.05) is 30.3 Å². The van der Waals surface area contributed by atoms with Crippen molar-refractivity contribution in [2.75, 3.05) is 5.32 Å². The van der Waals surface area contributed by atoms with Crippen LogP contribution in [-0.2, 0) is 4.79 Å². The van der Waals surface area contributed by atoms with E-state index in [1.165, 1.54) is 10.4 Å². The van der Waals surface area contributed by atoms with Crippen LogP contribution in [0.2, 0.25) is 0 Å². The largest absolute Gasteiger partial charge is 0.321 e. The quantitative estimate of drug-likeness (QED) is 0.770. The molecule has 0 spiro atoms. The second-order valence-corrected chi connectivity index (χ2v) is 5.73. The summed E-state index contributed by atoms with van der Waals surface area (Å²) in [6, 6.07) is 9.92. The van der Waals surface area contributed by atoms with Crippen molar-refractivity contribution in [1.29, 1.82) is 0 Å². The summed E-state index contributed by atoms with van der Waals surface area (Å²) in [7, 11) is 0. The minimum absolute atomic E-state index is 0.0140. The van der Waals surface area contributed by atoms with Gasteiger partial charge in [-0.1, -0.05) is 18.2 Å². The average molecular weight is 255 g/mol. The van der Waals surface area contributed by atoms with Crippen LogP contribution in [0.3, 0.4) is 0 Å². The Balaban J connectivity index is 2.09. The molecular formula is C15H13NOS. The van der Waals surface area contributed by atoms with Crippen molar-refractivity contribution in [3.05, 3.63) is 51.2 Å². The number of anilines is 1. The number of fused-ring (bicyclic) bond motifs is 1. The maximum absolute atomic E-state index is 12.0. The van der Waals surface area contributed by atoms with Gasteiger partial charge in [0.15, 0.2) is 0 Å². The lowest BCUT2D eigenvalue weighted by Crippen LogP contribution is -2.03. The number of carbonyl (C=O) groups excluding carboxylic acids is 1. The number of para-hydroxylation sites is 1. The molecule has 1 amide bonds. The third-order valence-electron chi connectivity index (χ3n) is 3.18. The summed E-state index contributed by atoms with van der Waals surface area (Å²) < 4.78 is 0. The van der Waals surface area contributed by atoms with Gasteiger partial charge in [0.1, 0.15) is 0 Å². The van der Waals surface area contributed by atoms with E-state index in [9.17, 15) is 4.79 Å². The molecule has 0 bridgehead atoms. The molecule has 2 aromatic rings. The highest BCUT2D eigenvalue weighted by Crippen LogP contribution is 2.34. The van der Waals surface area contributed by atoms with Crippen LogP contribution in [0, 0.1) is 13.8 Å². The molecule has 1 aliphatic heterocycles. The molecule has 2 heterocycles. The van der Waals surface area contributed by atoms with E-state index in [-0.39, 0.29) is 5.91 Å². The van der Waals surface area contributed by atoms with Gasteiger partial charge in [0, 0.05) is 21.0 Å². The molecule has 0 saturated carbocycles. The number of rotatable bonds is 1. The molecule has 0 aliphatic carbocycles. The SMILES string of the molecule is Cc1cc(/C=C2/C(=O)Nc3ccccc32)sc1C. The lowest BCUT2D eigenvalue weighted by molar-refractivity contribution is -0.110. The van der Waals surface area contributed by atoms with Crippen molar-refractivity contribution in [2.45, 2.75) is 13.8 Å². The van der Waals surface area contributed by atoms with E-state index in [4.69, 9.17) is 0 Å². The van der Waals surface area contributed by atoms with Crippen molar-refractivity contribution < 1.29 is 4.79 Å². The number of aryl methyl sites for hydroxylation is 2. The number of hydrogen-bond acceptors (Lipinski definition) is 2. The lowest BCUT2D eigenvalue weighted by Gasteiger charge is -1.95. The number of amides is 1. The molecular weight excluding hydrogens is 242 g/mol. The number of thiophene rings is 1. The first kappa shape index (κ1) is 11.2. The van der Waals surface area contributed by atoms with Crippen LogP contribution in [-0.4, -0.2) is 5.91 Å². The van der Waals surface area contributed by atoms with Crippen molar-refractivity contribution in [2.24, 2.45) is 0 Å². The summed E-state index contributed by atoms with van der Waals surface area (Å²) in [6.45, 7) is 4.20. The Labute approximate surface area is 110 Å². The Kier molecular flexibility index (Phi) is 2.56. The molecule has 0 atom stereocenters. The fourth-order valence-corrected chi connectivity index (χ4v) is 3.08. The van der Waals surface area contributed by atoms with Gasteiger partial charge in [-0.05, 0) is 37.6 Å². The Morgan fingerprint density at radius 3 is 2.72 bits per heavy atom. The van der Waals surface area contributed by atoms with E-state index in [1.54, 1.807) is 11.3 Å². The van der Waals surface area contributed by atoms with Crippen molar-refractivity contribution in [3.63, 3.8) is 0 Å². The summed E-state index contributed by atoms with van der Waals surface area (Å²) in [5.74, 6) is -0.0140. The minimum atomic E-state index is -0.0140. The molecule has 0 fully saturated rings. The predicted molar refractivity (Wildman–Crippen MR) is 76.7 cm³/mol. The van der Waals surface area contributed by atoms with Gasteiger partial charge in [0.05, 0.1) is 5.57 Å². The van der Waals surface area contributed by atoms with Crippen LogP contribution >= 0.6 is 11.3 Å². The number of nitrogens with one attached hydrogen (secondary N) is 1. The number of hydrogen-bond donors (Lipinski definition) is 1. The molecule has 0 saturated heterocycles. The molecule has 90 valence electrons. The van der Waals surface area contributed by atoms with Crippen LogP contribution < -0.4 is 5.32 Å². The zero-order chi connectivity index (χ0) is 12.7. The van der Waals surface area contributed by atoms with Gasteiger partial charge in [-0.25, -0.2) is 0 Å². The van der Waals surface area contributed by atoms with E-state index in [0.29, 0.717) is 0 Å². The first-order valence-corrected chi connectivity index (χ1v) is 6.66. The first-order chi connectivity index (χ1) is 8.65. The zero-order valence-corrected chi connectivity index (χ0v) is 11.1. The molecule has 18 heavy (non-hydrogen) atoms. The second-order valence-electron chi connectivity index (χ2n) is 4.45. The molecule has 3 heteroatoms. The van der Waals surface area contributed by atoms with Crippen LogP contribution in [0.5, 0.6) is 0 Å². The average Bonchev–Trinajstić information content (AvgIpc) is 2.82. The smallest absolute Gasteiger partial charge is 0.256 e. The highest BCUT2D eigenvalue weighted by atomic mass is 32.1. The molecule has 1 aromatic heterocycles. The molecule has 1 aromatic carbocycles. The highest BCUT2D eigenvalue weighted by Gasteiger charge is 2.23. The van der Waals surface area contributed by atoms with Crippen molar-refractivity contribution in [1.82, 2.24) is 0 Å². The summed E-state index contributed by atoms with van der Waals surface area (Å²) in [5.41, 5.74) is 3.93. The van der Waals surface area contributed by atoms with E-state index >= 15 is 0 Å². The Bertz CT molecular complexity index is 647. The van der Waals surface area contributed by atoms with Crippen LogP contribution in [0.1, 0.15) is 20.9 Å². The number of carbonyl (C=O) groups is 1. The van der Waals surface area contributed by atoms with Gasteiger partial charge in [0.2, 0.25) is 0 Å². The normalized spacial score (nSPS) is 15.9. The molecule has 3 rings (SSSR count). The predicted octanol–water partition coefficient (Wildman–Crippen LogP) is 3.86. The Morgan fingerprint density at radius 1 is 1.22 bits per heavy atom. The summed E-state index contributed by atoms with van der Waals surface area (Å²) >= 11 is 1.72. The third kappa shape index (κ3) is 1.77. The molecule has 1 aliphatic rings. The Morgan fingerprint density at radius 2 is 2.00 bits per heavy atom. The lowest BCUT2D eigenvalue weighted by atomic mass is 10.1. The van der Waals surface area contributed by atoms with E-state index < -0.39 is 0 Å². The van der Waals surface area contributed by atoms with Crippen molar-refractivity contribution in [3.8, 4) is 0 Å². The van der Waals surface area contributed by atoms with Gasteiger partial charge < -0.3 is 5.32 Å². The van der Waals surface area contributed by atoms with Crippen molar-refractivity contribution >= 4 is 34.6 Å². The zero-order valence-electron chi connectivity index (χ0n) is 10.3.